The number of hydrogen-bond acceptors (Lipinski definition) is 3. The standard InChI is InChI=1S/C28H42O3/c1-17-14-19(30-7)15-18-16-22-27(5)11-8-20-25(2,3)23(29)10-12-26(20,4)21(27)9-13-28(22,6)31-24(17)18/h14-15,20-23,29H,8-13,16H2,1-7H3/t20-,21+,22+,23-,26-,27+,28-/m0/s1. The average Bonchev–Trinajstić information content (AvgIpc) is 2.70. The maximum absolute atomic E-state index is 10.8. The van der Waals surface area contributed by atoms with Crippen LogP contribution in [-0.2, 0) is 6.42 Å². The first-order valence-corrected chi connectivity index (χ1v) is 12.5. The molecule has 0 bridgehead atoms. The predicted octanol–water partition coefficient (Wildman–Crippen LogP) is 6.33. The van der Waals surface area contributed by atoms with Crippen LogP contribution in [0.4, 0.5) is 0 Å². The van der Waals surface area contributed by atoms with Crippen LogP contribution in [0, 0.1) is 40.9 Å². The molecule has 0 aromatic heterocycles. The lowest BCUT2D eigenvalue weighted by molar-refractivity contribution is -0.223. The van der Waals surface area contributed by atoms with Crippen LogP contribution in [0.3, 0.4) is 0 Å². The van der Waals surface area contributed by atoms with Crippen LogP contribution in [0.25, 0.3) is 0 Å². The molecule has 1 aliphatic heterocycles. The van der Waals surface area contributed by atoms with Gasteiger partial charge in [-0.05, 0) is 110 Å². The summed E-state index contributed by atoms with van der Waals surface area (Å²) in [6.07, 6.45) is 7.88. The minimum absolute atomic E-state index is 0.00915. The highest BCUT2D eigenvalue weighted by Crippen LogP contribution is 2.70. The molecule has 0 saturated heterocycles. The van der Waals surface area contributed by atoms with Crippen molar-refractivity contribution in [1.82, 2.24) is 0 Å². The summed E-state index contributed by atoms with van der Waals surface area (Å²) in [4.78, 5) is 0. The van der Waals surface area contributed by atoms with Gasteiger partial charge in [0.25, 0.3) is 0 Å². The van der Waals surface area contributed by atoms with Crippen molar-refractivity contribution in [3.05, 3.63) is 23.3 Å². The van der Waals surface area contributed by atoms with Gasteiger partial charge in [-0.15, -0.1) is 0 Å². The van der Waals surface area contributed by atoms with E-state index in [2.05, 4.69) is 53.7 Å². The molecular weight excluding hydrogens is 384 g/mol. The van der Waals surface area contributed by atoms with Crippen LogP contribution in [-0.4, -0.2) is 23.9 Å². The molecule has 0 spiro atoms. The van der Waals surface area contributed by atoms with Crippen LogP contribution < -0.4 is 9.47 Å². The van der Waals surface area contributed by atoms with E-state index < -0.39 is 0 Å². The van der Waals surface area contributed by atoms with E-state index in [-0.39, 0.29) is 22.5 Å². The molecule has 0 radical (unpaired) electrons. The number of hydrogen-bond donors (Lipinski definition) is 1. The lowest BCUT2D eigenvalue weighted by Gasteiger charge is -2.69. The Kier molecular flexibility index (Phi) is 4.64. The second-order valence-electron chi connectivity index (χ2n) is 12.7. The summed E-state index contributed by atoms with van der Waals surface area (Å²) in [5.41, 5.74) is 3.01. The van der Waals surface area contributed by atoms with Gasteiger partial charge in [0.1, 0.15) is 17.1 Å². The highest BCUT2D eigenvalue weighted by molar-refractivity contribution is 5.49. The highest BCUT2D eigenvalue weighted by Gasteiger charge is 2.66. The third-order valence-electron chi connectivity index (χ3n) is 10.9. The highest BCUT2D eigenvalue weighted by atomic mass is 16.5. The number of benzene rings is 1. The summed E-state index contributed by atoms with van der Waals surface area (Å²) in [5, 5.41) is 10.8. The number of methoxy groups -OCH3 is 1. The van der Waals surface area contributed by atoms with Gasteiger partial charge in [-0.25, -0.2) is 0 Å². The number of fused-ring (bicyclic) bond motifs is 6. The summed E-state index contributed by atoms with van der Waals surface area (Å²) in [6.45, 7) is 14.3. The van der Waals surface area contributed by atoms with Gasteiger partial charge in [0.05, 0.1) is 13.2 Å². The molecule has 3 fully saturated rings. The third kappa shape index (κ3) is 2.81. The van der Waals surface area contributed by atoms with Crippen LogP contribution >= 0.6 is 0 Å². The van der Waals surface area contributed by atoms with Crippen molar-refractivity contribution in [3.8, 4) is 11.5 Å². The molecule has 172 valence electrons. The van der Waals surface area contributed by atoms with Gasteiger partial charge in [0.2, 0.25) is 0 Å². The molecule has 5 rings (SSSR count). The summed E-state index contributed by atoms with van der Waals surface area (Å²) >= 11 is 0. The molecule has 31 heavy (non-hydrogen) atoms. The van der Waals surface area contributed by atoms with E-state index in [1.165, 1.54) is 30.4 Å². The van der Waals surface area contributed by atoms with Crippen LogP contribution in [0.1, 0.15) is 84.3 Å². The molecule has 1 N–H and O–H groups in total. The molecule has 0 amide bonds. The van der Waals surface area contributed by atoms with E-state index in [1.807, 2.05) is 0 Å². The van der Waals surface area contributed by atoms with Crippen molar-refractivity contribution in [2.45, 2.75) is 98.2 Å². The summed E-state index contributed by atoms with van der Waals surface area (Å²) in [5.74, 6) is 3.86. The zero-order chi connectivity index (χ0) is 22.4. The first-order valence-electron chi connectivity index (χ1n) is 12.5. The Morgan fingerprint density at radius 3 is 2.26 bits per heavy atom. The molecule has 7 atom stereocenters. The SMILES string of the molecule is COc1cc(C)c2c(c1)C[C@@H]1[C@]3(C)CC[C@H]4C(C)(C)[C@@H](O)CC[C@]4(C)[C@H]3CC[C@]1(C)O2. The molecule has 1 aromatic carbocycles. The second-order valence-corrected chi connectivity index (χ2v) is 12.7. The van der Waals surface area contributed by atoms with Crippen molar-refractivity contribution < 1.29 is 14.6 Å². The largest absolute Gasteiger partial charge is 0.497 e. The van der Waals surface area contributed by atoms with Crippen LogP contribution in [0.2, 0.25) is 0 Å². The quantitative estimate of drug-likeness (QED) is 0.570. The zero-order valence-electron chi connectivity index (χ0n) is 20.7. The number of aliphatic hydroxyl groups excluding tert-OH is 1. The van der Waals surface area contributed by atoms with E-state index in [0.29, 0.717) is 23.2 Å². The summed E-state index contributed by atoms with van der Waals surface area (Å²) in [7, 11) is 1.76. The second kappa shape index (κ2) is 6.65. The smallest absolute Gasteiger partial charge is 0.126 e. The summed E-state index contributed by atoms with van der Waals surface area (Å²) < 4.78 is 12.5. The van der Waals surface area contributed by atoms with Crippen molar-refractivity contribution in [3.63, 3.8) is 0 Å². The zero-order valence-corrected chi connectivity index (χ0v) is 20.7. The molecule has 1 aromatic rings. The van der Waals surface area contributed by atoms with Gasteiger partial charge in [-0.2, -0.15) is 0 Å². The third-order valence-corrected chi connectivity index (χ3v) is 10.9. The van der Waals surface area contributed by atoms with Gasteiger partial charge in [-0.1, -0.05) is 27.7 Å². The Morgan fingerprint density at radius 2 is 1.55 bits per heavy atom. The fraction of sp³-hybridized carbons (Fsp3) is 0.786. The van der Waals surface area contributed by atoms with Crippen LogP contribution in [0.5, 0.6) is 11.5 Å². The number of rotatable bonds is 1. The van der Waals surface area contributed by atoms with Gasteiger partial charge < -0.3 is 14.6 Å². The predicted molar refractivity (Wildman–Crippen MR) is 125 cm³/mol. The number of aryl methyl sites for hydroxylation is 1. The molecule has 3 nitrogen and oxygen atoms in total. The fourth-order valence-electron chi connectivity index (χ4n) is 9.21. The molecule has 3 heteroatoms. The Balaban J connectivity index is 1.55. The first kappa shape index (κ1) is 21.6. The molecule has 4 aliphatic rings. The molecular formula is C28H42O3. The van der Waals surface area contributed by atoms with Gasteiger partial charge in [0.15, 0.2) is 0 Å². The van der Waals surface area contributed by atoms with Crippen LogP contribution in [0.15, 0.2) is 12.1 Å². The molecule has 3 saturated carbocycles. The maximum atomic E-state index is 10.8. The Morgan fingerprint density at radius 1 is 0.903 bits per heavy atom. The van der Waals surface area contributed by atoms with Gasteiger partial charge in [-0.3, -0.25) is 0 Å². The van der Waals surface area contributed by atoms with Crippen molar-refractivity contribution >= 4 is 0 Å². The molecule has 1 heterocycles. The Hall–Kier alpha value is -1.22. The van der Waals surface area contributed by atoms with Gasteiger partial charge in [0, 0.05) is 5.92 Å². The monoisotopic (exact) mass is 426 g/mol. The van der Waals surface area contributed by atoms with E-state index in [4.69, 9.17) is 9.47 Å². The number of ether oxygens (including phenoxy) is 2. The van der Waals surface area contributed by atoms with Gasteiger partial charge >= 0.3 is 0 Å². The van der Waals surface area contributed by atoms with Crippen molar-refractivity contribution in [2.75, 3.05) is 7.11 Å². The summed E-state index contributed by atoms with van der Waals surface area (Å²) in [6, 6.07) is 4.32. The number of aliphatic hydroxyl groups is 1. The van der Waals surface area contributed by atoms with E-state index in [1.54, 1.807) is 7.11 Å². The average molecular weight is 427 g/mol. The van der Waals surface area contributed by atoms with Crippen molar-refractivity contribution in [2.24, 2.45) is 34.0 Å². The minimum atomic E-state index is -0.163. The van der Waals surface area contributed by atoms with E-state index in [9.17, 15) is 5.11 Å². The lowest BCUT2D eigenvalue weighted by atomic mass is 9.37. The topological polar surface area (TPSA) is 38.7 Å². The maximum Gasteiger partial charge on any atom is 0.126 e. The van der Waals surface area contributed by atoms with E-state index >= 15 is 0 Å². The Labute approximate surface area is 188 Å². The lowest BCUT2D eigenvalue weighted by Crippen LogP contribution is -2.66. The first-order chi connectivity index (χ1) is 14.5. The minimum Gasteiger partial charge on any atom is -0.497 e. The van der Waals surface area contributed by atoms with E-state index in [0.717, 1.165) is 37.2 Å². The fourth-order valence-corrected chi connectivity index (χ4v) is 9.21. The normalized spacial score (nSPS) is 45.4. The Bertz CT molecular complexity index is 890. The molecule has 3 aliphatic carbocycles. The molecule has 0 unspecified atom stereocenters. The van der Waals surface area contributed by atoms with Crippen molar-refractivity contribution in [1.29, 1.82) is 0 Å².